The summed E-state index contributed by atoms with van der Waals surface area (Å²) in [6, 6.07) is 1.32. The molecule has 21 heavy (non-hydrogen) atoms. The number of aromatic nitrogens is 2. The molecule has 1 aromatic rings. The number of rotatable bonds is 8. The Balaban J connectivity index is 2.64. The van der Waals surface area contributed by atoms with E-state index in [0.29, 0.717) is 25.3 Å². The fourth-order valence-corrected chi connectivity index (χ4v) is 1.53. The summed E-state index contributed by atoms with van der Waals surface area (Å²) < 4.78 is 6.44. The van der Waals surface area contributed by atoms with Crippen LogP contribution in [0.3, 0.4) is 0 Å². The number of nitrogens with one attached hydrogen (secondary N) is 1. The van der Waals surface area contributed by atoms with Crippen molar-refractivity contribution in [2.75, 3.05) is 13.2 Å². The molecule has 0 radical (unpaired) electrons. The highest BCUT2D eigenvalue weighted by Gasteiger charge is 2.18. The molecule has 1 rings (SSSR count). The topological polar surface area (TPSA) is 99.2 Å². The van der Waals surface area contributed by atoms with Crippen molar-refractivity contribution in [1.29, 1.82) is 0 Å². The molecule has 1 heterocycles. The van der Waals surface area contributed by atoms with Crippen LogP contribution in [-0.4, -0.2) is 34.4 Å². The predicted molar refractivity (Wildman–Crippen MR) is 80.2 cm³/mol. The molecule has 3 N–H and O–H groups in total. The number of nitrogens with zero attached hydrogens (tertiary/aromatic N) is 2. The van der Waals surface area contributed by atoms with Gasteiger partial charge < -0.3 is 15.8 Å². The first-order valence-electron chi connectivity index (χ1n) is 7.09. The minimum Gasteiger partial charge on any atom is -0.492 e. The van der Waals surface area contributed by atoms with Crippen molar-refractivity contribution in [2.24, 2.45) is 5.73 Å². The number of ether oxygens (including phenoxy) is 1. The lowest BCUT2D eigenvalue weighted by Gasteiger charge is -2.24. The lowest BCUT2D eigenvalue weighted by molar-refractivity contribution is -0.123. The zero-order chi connectivity index (χ0) is 15.9. The van der Waals surface area contributed by atoms with Gasteiger partial charge in [0.05, 0.1) is 12.8 Å². The van der Waals surface area contributed by atoms with Crippen LogP contribution in [0.4, 0.5) is 0 Å². The van der Waals surface area contributed by atoms with Gasteiger partial charge in [-0.15, -0.1) is 0 Å². The third-order valence-electron chi connectivity index (χ3n) is 3.12. The van der Waals surface area contributed by atoms with Crippen LogP contribution in [0.5, 0.6) is 5.75 Å². The van der Waals surface area contributed by atoms with Gasteiger partial charge in [0.15, 0.2) is 0 Å². The fourth-order valence-electron chi connectivity index (χ4n) is 1.53. The van der Waals surface area contributed by atoms with E-state index in [2.05, 4.69) is 10.4 Å². The quantitative estimate of drug-likeness (QED) is 0.671. The number of carbonyl (C=O) groups excluding carboxylic acids is 1. The van der Waals surface area contributed by atoms with Crippen molar-refractivity contribution in [2.45, 2.75) is 45.7 Å². The van der Waals surface area contributed by atoms with Crippen LogP contribution in [-0.2, 0) is 11.3 Å². The summed E-state index contributed by atoms with van der Waals surface area (Å²) in [5.41, 5.74) is 4.69. The van der Waals surface area contributed by atoms with Gasteiger partial charge in [-0.05, 0) is 33.2 Å². The summed E-state index contributed by atoms with van der Waals surface area (Å²) in [7, 11) is 0. The Morgan fingerprint density at radius 2 is 2.24 bits per heavy atom. The van der Waals surface area contributed by atoms with E-state index in [1.54, 1.807) is 0 Å². The first-order chi connectivity index (χ1) is 9.88. The maximum Gasteiger partial charge on any atom is 0.270 e. The first kappa shape index (κ1) is 17.2. The number of hydrogen-bond acceptors (Lipinski definition) is 5. The lowest BCUT2D eigenvalue weighted by atomic mass is 10.0. The van der Waals surface area contributed by atoms with Crippen LogP contribution in [0.1, 0.15) is 33.6 Å². The van der Waals surface area contributed by atoms with Gasteiger partial charge in [0.2, 0.25) is 5.91 Å². The minimum atomic E-state index is -0.371. The highest BCUT2D eigenvalue weighted by Crippen LogP contribution is 2.07. The van der Waals surface area contributed by atoms with Gasteiger partial charge in [0, 0.05) is 11.6 Å². The van der Waals surface area contributed by atoms with Crippen molar-refractivity contribution < 1.29 is 9.53 Å². The summed E-state index contributed by atoms with van der Waals surface area (Å²) in [5, 5.41) is 6.79. The van der Waals surface area contributed by atoms with E-state index in [-0.39, 0.29) is 23.6 Å². The van der Waals surface area contributed by atoms with Crippen LogP contribution in [0.15, 0.2) is 17.1 Å². The second-order valence-electron chi connectivity index (χ2n) is 5.46. The van der Waals surface area contributed by atoms with E-state index in [9.17, 15) is 9.59 Å². The number of nitrogens with two attached hydrogens (primary N) is 1. The second kappa shape index (κ2) is 7.78. The average Bonchev–Trinajstić information content (AvgIpc) is 2.41. The largest absolute Gasteiger partial charge is 0.492 e. The Labute approximate surface area is 124 Å². The first-order valence-corrected chi connectivity index (χ1v) is 7.09. The molecule has 0 spiro atoms. The van der Waals surface area contributed by atoms with Crippen LogP contribution in [0.2, 0.25) is 0 Å². The molecule has 0 saturated heterocycles. The molecule has 0 bridgehead atoms. The molecular formula is C14H24N4O3. The second-order valence-corrected chi connectivity index (χ2v) is 5.46. The highest BCUT2D eigenvalue weighted by atomic mass is 16.5. The molecule has 1 amide bonds. The Morgan fingerprint density at radius 1 is 1.52 bits per heavy atom. The summed E-state index contributed by atoms with van der Waals surface area (Å²) in [4.78, 5) is 23.7. The van der Waals surface area contributed by atoms with Crippen molar-refractivity contribution >= 4 is 5.91 Å². The van der Waals surface area contributed by atoms with Crippen molar-refractivity contribution in [3.63, 3.8) is 0 Å². The summed E-state index contributed by atoms with van der Waals surface area (Å²) >= 11 is 0. The molecule has 0 aromatic carbocycles. The summed E-state index contributed by atoms with van der Waals surface area (Å²) in [6.07, 6.45) is 2.93. The zero-order valence-corrected chi connectivity index (χ0v) is 12.9. The van der Waals surface area contributed by atoms with Crippen molar-refractivity contribution in [3.05, 3.63) is 22.6 Å². The van der Waals surface area contributed by atoms with E-state index < -0.39 is 0 Å². The highest BCUT2D eigenvalue weighted by molar-refractivity contribution is 5.76. The number of carbonyl (C=O) groups is 1. The smallest absolute Gasteiger partial charge is 0.270 e. The van der Waals surface area contributed by atoms with Gasteiger partial charge in [0.1, 0.15) is 12.3 Å². The van der Waals surface area contributed by atoms with E-state index in [4.69, 9.17) is 10.5 Å². The molecule has 0 aliphatic heterocycles. The van der Waals surface area contributed by atoms with Gasteiger partial charge in [-0.25, -0.2) is 4.68 Å². The molecule has 0 saturated carbocycles. The monoisotopic (exact) mass is 296 g/mol. The third-order valence-corrected chi connectivity index (χ3v) is 3.12. The van der Waals surface area contributed by atoms with Gasteiger partial charge in [-0.2, -0.15) is 5.10 Å². The zero-order valence-electron chi connectivity index (χ0n) is 12.9. The molecule has 0 unspecified atom stereocenters. The Hall–Kier alpha value is -1.89. The Kier molecular flexibility index (Phi) is 6.36. The number of hydrogen-bond donors (Lipinski definition) is 2. The van der Waals surface area contributed by atoms with Gasteiger partial charge >= 0.3 is 0 Å². The molecule has 0 aliphatic carbocycles. The summed E-state index contributed by atoms with van der Waals surface area (Å²) in [5.74, 6) is 0.146. The summed E-state index contributed by atoms with van der Waals surface area (Å²) in [6.45, 7) is 6.69. The SMILES string of the molecule is CCC(C)(C)NC(=O)Cn1ncc(OCCCN)cc1=O. The van der Waals surface area contributed by atoms with Crippen LogP contribution in [0.25, 0.3) is 0 Å². The van der Waals surface area contributed by atoms with E-state index in [1.165, 1.54) is 12.3 Å². The van der Waals surface area contributed by atoms with Crippen LogP contribution in [0, 0.1) is 0 Å². The van der Waals surface area contributed by atoms with Gasteiger partial charge in [-0.1, -0.05) is 6.92 Å². The third kappa shape index (κ3) is 5.95. The predicted octanol–water partition coefficient (Wildman–Crippen LogP) is 0.276. The molecule has 1 aromatic heterocycles. The van der Waals surface area contributed by atoms with E-state index in [1.807, 2.05) is 20.8 Å². The van der Waals surface area contributed by atoms with Crippen LogP contribution >= 0.6 is 0 Å². The maximum absolute atomic E-state index is 11.9. The lowest BCUT2D eigenvalue weighted by Crippen LogP contribution is -2.45. The van der Waals surface area contributed by atoms with Gasteiger partial charge in [-0.3, -0.25) is 9.59 Å². The standard InChI is InChI=1S/C14H24N4O3/c1-4-14(2,3)17-12(19)10-18-13(20)8-11(9-16-18)21-7-5-6-15/h8-9H,4-7,10,15H2,1-3H3,(H,17,19). The molecule has 118 valence electrons. The van der Waals surface area contributed by atoms with Crippen molar-refractivity contribution in [1.82, 2.24) is 15.1 Å². The average molecular weight is 296 g/mol. The van der Waals surface area contributed by atoms with Gasteiger partial charge in [0.25, 0.3) is 5.56 Å². The molecule has 0 fully saturated rings. The minimum absolute atomic E-state index is 0.106. The fraction of sp³-hybridized carbons (Fsp3) is 0.643. The molecule has 0 atom stereocenters. The van der Waals surface area contributed by atoms with Crippen LogP contribution < -0.4 is 21.3 Å². The Morgan fingerprint density at radius 3 is 2.81 bits per heavy atom. The maximum atomic E-state index is 11.9. The normalized spacial score (nSPS) is 11.2. The molecular weight excluding hydrogens is 272 g/mol. The molecule has 7 nitrogen and oxygen atoms in total. The molecule has 7 heteroatoms. The van der Waals surface area contributed by atoms with Crippen molar-refractivity contribution in [3.8, 4) is 5.75 Å². The van der Waals surface area contributed by atoms with E-state index in [0.717, 1.165) is 11.1 Å². The Bertz CT molecular complexity index is 525. The molecule has 0 aliphatic rings. The number of amides is 1. The van der Waals surface area contributed by atoms with E-state index >= 15 is 0 Å².